The molecule has 0 bridgehead atoms. The molecule has 0 aromatic heterocycles. The molecule has 3 N–H and O–H groups in total. The molecule has 3 nitrogen and oxygen atoms in total. The summed E-state index contributed by atoms with van der Waals surface area (Å²) in [7, 11) is 0. The van der Waals surface area contributed by atoms with Crippen molar-refractivity contribution in [2.45, 2.75) is 57.0 Å². The zero-order chi connectivity index (χ0) is 14.6. The third kappa shape index (κ3) is 4.32. The molecule has 1 amide bonds. The van der Waals surface area contributed by atoms with Crippen molar-refractivity contribution in [2.24, 2.45) is 5.73 Å². The first kappa shape index (κ1) is 15.5. The van der Waals surface area contributed by atoms with Gasteiger partial charge >= 0.3 is 0 Å². The van der Waals surface area contributed by atoms with Crippen molar-refractivity contribution in [3.8, 4) is 0 Å². The summed E-state index contributed by atoms with van der Waals surface area (Å²) >= 11 is 3.41. The van der Waals surface area contributed by atoms with Gasteiger partial charge in [0, 0.05) is 16.4 Å². The van der Waals surface area contributed by atoms with Crippen molar-refractivity contribution in [1.29, 1.82) is 0 Å². The Morgan fingerprint density at radius 3 is 2.50 bits per heavy atom. The van der Waals surface area contributed by atoms with Gasteiger partial charge in [-0.05, 0) is 37.5 Å². The van der Waals surface area contributed by atoms with E-state index in [9.17, 15) is 4.79 Å². The van der Waals surface area contributed by atoms with Gasteiger partial charge in [0.1, 0.15) is 0 Å². The van der Waals surface area contributed by atoms with Crippen molar-refractivity contribution < 1.29 is 4.79 Å². The van der Waals surface area contributed by atoms with E-state index in [1.165, 1.54) is 6.42 Å². The van der Waals surface area contributed by atoms with Crippen LogP contribution in [0.5, 0.6) is 0 Å². The lowest BCUT2D eigenvalue weighted by molar-refractivity contribution is -0.123. The molecule has 1 aliphatic rings. The predicted molar refractivity (Wildman–Crippen MR) is 85.3 cm³/mol. The lowest BCUT2D eigenvalue weighted by Crippen LogP contribution is -2.46. The van der Waals surface area contributed by atoms with E-state index in [2.05, 4.69) is 21.2 Å². The molecule has 0 spiro atoms. The molecule has 1 atom stereocenters. The molecule has 1 fully saturated rings. The number of rotatable bonds is 4. The number of nitrogens with two attached hydrogens (primary N) is 1. The SMILES string of the molecule is C[C@H](NC(=O)CC1(N)CCCCC1)c1ccc(Br)cc1. The highest BCUT2D eigenvalue weighted by Crippen LogP contribution is 2.28. The van der Waals surface area contributed by atoms with Crippen LogP contribution in [0.3, 0.4) is 0 Å². The van der Waals surface area contributed by atoms with Crippen molar-refractivity contribution in [1.82, 2.24) is 5.32 Å². The smallest absolute Gasteiger partial charge is 0.222 e. The summed E-state index contributed by atoms with van der Waals surface area (Å²) in [5.41, 5.74) is 7.14. The number of carbonyl (C=O) groups is 1. The van der Waals surface area contributed by atoms with Gasteiger partial charge in [-0.1, -0.05) is 47.3 Å². The Balaban J connectivity index is 1.89. The molecule has 0 unspecified atom stereocenters. The van der Waals surface area contributed by atoms with Crippen LogP contribution in [0.2, 0.25) is 0 Å². The molecule has 4 heteroatoms. The summed E-state index contributed by atoms with van der Waals surface area (Å²) < 4.78 is 1.04. The van der Waals surface area contributed by atoms with E-state index in [-0.39, 0.29) is 17.5 Å². The van der Waals surface area contributed by atoms with E-state index in [0.717, 1.165) is 35.7 Å². The summed E-state index contributed by atoms with van der Waals surface area (Å²) in [4.78, 5) is 12.2. The van der Waals surface area contributed by atoms with Crippen LogP contribution < -0.4 is 11.1 Å². The highest BCUT2D eigenvalue weighted by atomic mass is 79.9. The first-order chi connectivity index (χ1) is 9.48. The maximum Gasteiger partial charge on any atom is 0.222 e. The second kappa shape index (κ2) is 6.72. The van der Waals surface area contributed by atoms with Gasteiger partial charge in [-0.25, -0.2) is 0 Å². The Morgan fingerprint density at radius 1 is 1.30 bits per heavy atom. The van der Waals surface area contributed by atoms with Gasteiger partial charge in [-0.3, -0.25) is 4.79 Å². The Labute approximate surface area is 129 Å². The van der Waals surface area contributed by atoms with Crippen LogP contribution in [0.1, 0.15) is 57.1 Å². The highest BCUT2D eigenvalue weighted by Gasteiger charge is 2.30. The molecule has 0 heterocycles. The van der Waals surface area contributed by atoms with Crippen molar-refractivity contribution >= 4 is 21.8 Å². The molecule has 20 heavy (non-hydrogen) atoms. The van der Waals surface area contributed by atoms with Gasteiger partial charge in [-0.2, -0.15) is 0 Å². The summed E-state index contributed by atoms with van der Waals surface area (Å²) in [6.45, 7) is 2.01. The van der Waals surface area contributed by atoms with E-state index < -0.39 is 0 Å². The number of hydrogen-bond donors (Lipinski definition) is 2. The lowest BCUT2D eigenvalue weighted by Gasteiger charge is -2.33. The van der Waals surface area contributed by atoms with Crippen LogP contribution in [0, 0.1) is 0 Å². The Bertz CT molecular complexity index is 452. The number of nitrogens with one attached hydrogen (secondary N) is 1. The fourth-order valence-electron chi connectivity index (χ4n) is 2.88. The van der Waals surface area contributed by atoms with E-state index in [0.29, 0.717) is 6.42 Å². The quantitative estimate of drug-likeness (QED) is 0.879. The normalized spacial score (nSPS) is 19.4. The number of amides is 1. The molecule has 1 saturated carbocycles. The summed E-state index contributed by atoms with van der Waals surface area (Å²) in [6.07, 6.45) is 5.90. The molecule has 2 rings (SSSR count). The number of halogens is 1. The van der Waals surface area contributed by atoms with Crippen molar-refractivity contribution in [3.63, 3.8) is 0 Å². The largest absolute Gasteiger partial charge is 0.350 e. The highest BCUT2D eigenvalue weighted by molar-refractivity contribution is 9.10. The van der Waals surface area contributed by atoms with E-state index in [1.54, 1.807) is 0 Å². The average Bonchev–Trinajstić information content (AvgIpc) is 2.39. The number of hydrogen-bond acceptors (Lipinski definition) is 2. The second-order valence-electron chi connectivity index (χ2n) is 5.94. The Kier molecular flexibility index (Phi) is 5.22. The molecule has 0 radical (unpaired) electrons. The van der Waals surface area contributed by atoms with Gasteiger partial charge in [0.25, 0.3) is 0 Å². The molecule has 1 aliphatic carbocycles. The Hall–Kier alpha value is -0.870. The summed E-state index contributed by atoms with van der Waals surface area (Å²) in [5.74, 6) is 0.0600. The summed E-state index contributed by atoms with van der Waals surface area (Å²) in [5, 5.41) is 3.05. The first-order valence-electron chi connectivity index (χ1n) is 7.32. The molecule has 0 aliphatic heterocycles. The van der Waals surface area contributed by atoms with Crippen LogP contribution in [-0.2, 0) is 4.79 Å². The number of carbonyl (C=O) groups excluding carboxylic acids is 1. The van der Waals surface area contributed by atoms with Gasteiger partial charge < -0.3 is 11.1 Å². The minimum absolute atomic E-state index is 0.0165. The Morgan fingerprint density at radius 2 is 1.90 bits per heavy atom. The topological polar surface area (TPSA) is 55.1 Å². The van der Waals surface area contributed by atoms with Crippen LogP contribution in [0.4, 0.5) is 0 Å². The molecule has 1 aromatic rings. The van der Waals surface area contributed by atoms with E-state index in [4.69, 9.17) is 5.73 Å². The van der Waals surface area contributed by atoms with Crippen molar-refractivity contribution in [2.75, 3.05) is 0 Å². The van der Waals surface area contributed by atoms with E-state index in [1.807, 2.05) is 31.2 Å². The van der Waals surface area contributed by atoms with Gasteiger partial charge in [0.05, 0.1) is 6.04 Å². The van der Waals surface area contributed by atoms with Crippen LogP contribution >= 0.6 is 15.9 Å². The third-order valence-electron chi connectivity index (χ3n) is 4.11. The lowest BCUT2D eigenvalue weighted by atomic mass is 9.80. The third-order valence-corrected chi connectivity index (χ3v) is 4.64. The summed E-state index contributed by atoms with van der Waals surface area (Å²) in [6, 6.07) is 8.04. The van der Waals surface area contributed by atoms with Gasteiger partial charge in [-0.15, -0.1) is 0 Å². The minimum Gasteiger partial charge on any atom is -0.350 e. The zero-order valence-corrected chi connectivity index (χ0v) is 13.6. The maximum atomic E-state index is 12.2. The molecule has 1 aromatic carbocycles. The van der Waals surface area contributed by atoms with Crippen LogP contribution in [0.15, 0.2) is 28.7 Å². The minimum atomic E-state index is -0.290. The van der Waals surface area contributed by atoms with Crippen LogP contribution in [0.25, 0.3) is 0 Å². The molecule has 0 saturated heterocycles. The van der Waals surface area contributed by atoms with Gasteiger partial charge in [0.2, 0.25) is 5.91 Å². The fraction of sp³-hybridized carbons (Fsp3) is 0.562. The van der Waals surface area contributed by atoms with Crippen LogP contribution in [-0.4, -0.2) is 11.4 Å². The van der Waals surface area contributed by atoms with Crippen molar-refractivity contribution in [3.05, 3.63) is 34.3 Å². The maximum absolute atomic E-state index is 12.2. The van der Waals surface area contributed by atoms with Gasteiger partial charge in [0.15, 0.2) is 0 Å². The molecule has 110 valence electrons. The second-order valence-corrected chi connectivity index (χ2v) is 6.86. The number of benzene rings is 1. The first-order valence-corrected chi connectivity index (χ1v) is 8.12. The molecular weight excluding hydrogens is 316 g/mol. The standard InChI is InChI=1S/C16H23BrN2O/c1-12(13-5-7-14(17)8-6-13)19-15(20)11-16(18)9-3-2-4-10-16/h5-8,12H,2-4,9-11,18H2,1H3,(H,19,20)/t12-/m0/s1. The monoisotopic (exact) mass is 338 g/mol. The average molecular weight is 339 g/mol. The van der Waals surface area contributed by atoms with E-state index >= 15 is 0 Å². The fourth-order valence-corrected chi connectivity index (χ4v) is 3.14. The zero-order valence-electron chi connectivity index (χ0n) is 12.0. The molecular formula is C16H23BrN2O. The predicted octanol–water partition coefficient (Wildman–Crippen LogP) is 3.68.